The van der Waals surface area contributed by atoms with Crippen molar-refractivity contribution in [2.24, 2.45) is 5.10 Å². The Kier molecular flexibility index (Phi) is 5.67. The summed E-state index contributed by atoms with van der Waals surface area (Å²) in [6.45, 7) is 4.10. The molecular formula is C26H21FN4O2S. The summed E-state index contributed by atoms with van der Waals surface area (Å²) >= 11 is 1.44. The molecule has 0 bridgehead atoms. The van der Waals surface area contributed by atoms with Gasteiger partial charge in [0.15, 0.2) is 0 Å². The Labute approximate surface area is 200 Å². The van der Waals surface area contributed by atoms with Gasteiger partial charge >= 0.3 is 0 Å². The van der Waals surface area contributed by atoms with Crippen molar-refractivity contribution in [3.63, 3.8) is 0 Å². The van der Waals surface area contributed by atoms with Gasteiger partial charge in [-0.15, -0.1) is 11.3 Å². The number of benzene rings is 3. The summed E-state index contributed by atoms with van der Waals surface area (Å²) in [5.74, 6) is -0.299. The molecule has 0 fully saturated rings. The first-order valence-corrected chi connectivity index (χ1v) is 11.7. The fourth-order valence-electron chi connectivity index (χ4n) is 4.12. The minimum atomic E-state index is -0.384. The first-order valence-electron chi connectivity index (χ1n) is 10.8. The second-order valence-electron chi connectivity index (χ2n) is 8.30. The molecule has 1 aromatic heterocycles. The van der Waals surface area contributed by atoms with Gasteiger partial charge in [-0.05, 0) is 55.3 Å². The Morgan fingerprint density at radius 3 is 2.65 bits per heavy atom. The van der Waals surface area contributed by atoms with E-state index in [-0.39, 0.29) is 22.5 Å². The van der Waals surface area contributed by atoms with Gasteiger partial charge in [0.25, 0.3) is 5.69 Å². The number of halogens is 1. The maximum Gasteiger partial charge on any atom is 0.269 e. The summed E-state index contributed by atoms with van der Waals surface area (Å²) in [5.41, 5.74) is 6.63. The number of nitro benzene ring substituents is 1. The van der Waals surface area contributed by atoms with Crippen molar-refractivity contribution in [1.29, 1.82) is 0 Å². The molecule has 3 aromatic carbocycles. The van der Waals surface area contributed by atoms with E-state index in [0.29, 0.717) is 11.6 Å². The van der Waals surface area contributed by atoms with Gasteiger partial charge < -0.3 is 0 Å². The molecule has 0 radical (unpaired) electrons. The first-order chi connectivity index (χ1) is 16.4. The zero-order valence-corrected chi connectivity index (χ0v) is 19.4. The van der Waals surface area contributed by atoms with E-state index in [0.717, 1.165) is 39.2 Å². The highest BCUT2D eigenvalue weighted by Gasteiger charge is 2.33. The molecule has 34 heavy (non-hydrogen) atoms. The number of rotatable bonds is 5. The van der Waals surface area contributed by atoms with Crippen molar-refractivity contribution in [3.8, 4) is 11.3 Å². The van der Waals surface area contributed by atoms with Crippen LogP contribution in [0.2, 0.25) is 0 Å². The van der Waals surface area contributed by atoms with Crippen LogP contribution in [-0.4, -0.2) is 15.6 Å². The molecule has 5 rings (SSSR count). The van der Waals surface area contributed by atoms with Crippen LogP contribution in [0.3, 0.4) is 0 Å². The van der Waals surface area contributed by atoms with Crippen LogP contribution in [0.1, 0.15) is 34.7 Å². The molecule has 0 amide bonds. The summed E-state index contributed by atoms with van der Waals surface area (Å²) in [6, 6.07) is 18.9. The van der Waals surface area contributed by atoms with Gasteiger partial charge in [0.1, 0.15) is 5.82 Å². The molecule has 0 saturated heterocycles. The molecule has 1 aliphatic heterocycles. The number of hydrogen-bond donors (Lipinski definition) is 0. The predicted molar refractivity (Wildman–Crippen MR) is 133 cm³/mol. The average Bonchev–Trinajstić information content (AvgIpc) is 3.49. The molecule has 4 aromatic rings. The highest BCUT2D eigenvalue weighted by molar-refractivity contribution is 7.14. The fraction of sp³-hybridized carbons (Fsp3) is 0.154. The number of nitro groups is 1. The van der Waals surface area contributed by atoms with Gasteiger partial charge in [-0.2, -0.15) is 5.10 Å². The van der Waals surface area contributed by atoms with E-state index in [4.69, 9.17) is 10.1 Å². The van der Waals surface area contributed by atoms with Crippen molar-refractivity contribution < 1.29 is 9.31 Å². The van der Waals surface area contributed by atoms with Gasteiger partial charge in [0.2, 0.25) is 5.13 Å². The highest BCUT2D eigenvalue weighted by atomic mass is 32.1. The highest BCUT2D eigenvalue weighted by Crippen LogP contribution is 2.40. The zero-order valence-electron chi connectivity index (χ0n) is 18.6. The van der Waals surface area contributed by atoms with E-state index >= 15 is 0 Å². The quantitative estimate of drug-likeness (QED) is 0.236. The van der Waals surface area contributed by atoms with Crippen LogP contribution in [0.25, 0.3) is 11.3 Å². The molecular weight excluding hydrogens is 451 g/mol. The molecule has 1 atom stereocenters. The number of hydrazone groups is 1. The normalized spacial score (nSPS) is 15.4. The smallest absolute Gasteiger partial charge is 0.258 e. The largest absolute Gasteiger partial charge is 0.269 e. The summed E-state index contributed by atoms with van der Waals surface area (Å²) in [7, 11) is 0. The number of hydrogen-bond acceptors (Lipinski definition) is 6. The maximum absolute atomic E-state index is 13.4. The minimum Gasteiger partial charge on any atom is -0.258 e. The van der Waals surface area contributed by atoms with Crippen molar-refractivity contribution in [2.75, 3.05) is 5.01 Å². The Hall–Kier alpha value is -3.91. The Balaban J connectivity index is 1.57. The van der Waals surface area contributed by atoms with Gasteiger partial charge in [-0.1, -0.05) is 29.8 Å². The number of thiazole rings is 1. The van der Waals surface area contributed by atoms with Crippen LogP contribution in [0.15, 0.2) is 77.2 Å². The molecule has 0 unspecified atom stereocenters. The zero-order chi connectivity index (χ0) is 23.8. The second-order valence-corrected chi connectivity index (χ2v) is 9.14. The lowest BCUT2D eigenvalue weighted by atomic mass is 9.95. The van der Waals surface area contributed by atoms with Gasteiger partial charge in [-0.25, -0.2) is 14.4 Å². The Morgan fingerprint density at radius 1 is 1.09 bits per heavy atom. The predicted octanol–water partition coefficient (Wildman–Crippen LogP) is 6.83. The lowest BCUT2D eigenvalue weighted by Gasteiger charge is -2.21. The molecule has 0 N–H and O–H groups in total. The lowest BCUT2D eigenvalue weighted by Crippen LogP contribution is -2.18. The Morgan fingerprint density at radius 2 is 1.88 bits per heavy atom. The number of nitrogens with zero attached hydrogens (tertiary/aromatic N) is 4. The molecule has 170 valence electrons. The molecule has 0 spiro atoms. The third-order valence-corrected chi connectivity index (χ3v) is 6.74. The third kappa shape index (κ3) is 4.20. The molecule has 0 aliphatic carbocycles. The molecule has 2 heterocycles. The standard InChI is InChI=1S/C26H21FN4O2S/c1-16-6-7-17(2)22(12-16)23-14-25(19-4-3-5-21(13-19)31(32)33)30(29-23)26-28-24(15-34-26)18-8-10-20(27)11-9-18/h3-13,15,25H,14H2,1-2H3/t25-/m1/s1. The van der Waals surface area contributed by atoms with Crippen LogP contribution in [0, 0.1) is 29.8 Å². The lowest BCUT2D eigenvalue weighted by molar-refractivity contribution is -0.384. The van der Waals surface area contributed by atoms with Crippen molar-refractivity contribution >= 4 is 27.9 Å². The third-order valence-electron chi connectivity index (χ3n) is 5.91. The van der Waals surface area contributed by atoms with Gasteiger partial charge in [0, 0.05) is 35.1 Å². The average molecular weight is 473 g/mol. The summed E-state index contributed by atoms with van der Waals surface area (Å²) < 4.78 is 13.4. The van der Waals surface area contributed by atoms with Crippen molar-refractivity contribution in [3.05, 3.63) is 110 Å². The van der Waals surface area contributed by atoms with E-state index in [2.05, 4.69) is 25.1 Å². The van der Waals surface area contributed by atoms with E-state index in [9.17, 15) is 14.5 Å². The van der Waals surface area contributed by atoms with Gasteiger partial charge in [0.05, 0.1) is 22.4 Å². The maximum atomic E-state index is 13.4. The number of aryl methyl sites for hydroxylation is 2. The monoisotopic (exact) mass is 472 g/mol. The van der Waals surface area contributed by atoms with E-state index in [1.54, 1.807) is 24.3 Å². The van der Waals surface area contributed by atoms with Gasteiger partial charge in [-0.3, -0.25) is 10.1 Å². The molecule has 0 saturated carbocycles. The summed E-state index contributed by atoms with van der Waals surface area (Å²) in [6.07, 6.45) is 0.594. The first kappa shape index (κ1) is 21.9. The van der Waals surface area contributed by atoms with Crippen LogP contribution < -0.4 is 5.01 Å². The topological polar surface area (TPSA) is 71.6 Å². The van der Waals surface area contributed by atoms with Crippen molar-refractivity contribution in [2.45, 2.75) is 26.3 Å². The fourth-order valence-corrected chi connectivity index (χ4v) is 4.96. The van der Waals surface area contributed by atoms with Crippen LogP contribution in [0.5, 0.6) is 0 Å². The Bertz CT molecular complexity index is 1410. The van der Waals surface area contributed by atoms with E-state index < -0.39 is 0 Å². The summed E-state index contributed by atoms with van der Waals surface area (Å²) in [5, 5.41) is 20.8. The minimum absolute atomic E-state index is 0.0452. The van der Waals surface area contributed by atoms with E-state index in [1.807, 2.05) is 23.4 Å². The van der Waals surface area contributed by atoms with Crippen LogP contribution in [-0.2, 0) is 0 Å². The molecule has 8 heteroatoms. The molecule has 1 aliphatic rings. The van der Waals surface area contributed by atoms with Crippen LogP contribution in [0.4, 0.5) is 15.2 Å². The summed E-state index contributed by atoms with van der Waals surface area (Å²) in [4.78, 5) is 15.8. The second kappa shape index (κ2) is 8.79. The SMILES string of the molecule is Cc1ccc(C)c(C2=NN(c3nc(-c4ccc(F)cc4)cs3)[C@@H](c3cccc([N+](=O)[O-])c3)C2)c1. The number of aromatic nitrogens is 1. The number of anilines is 1. The van der Waals surface area contributed by atoms with Crippen LogP contribution >= 0.6 is 11.3 Å². The molecule has 6 nitrogen and oxygen atoms in total. The van der Waals surface area contributed by atoms with Crippen molar-refractivity contribution in [1.82, 2.24) is 4.98 Å². The number of non-ortho nitro benzene ring substituents is 1. The van der Waals surface area contributed by atoms with E-state index in [1.165, 1.54) is 29.5 Å².